The van der Waals surface area contributed by atoms with Crippen molar-refractivity contribution in [3.63, 3.8) is 0 Å². The largest absolute Gasteiger partial charge is 0.377 e. The van der Waals surface area contributed by atoms with E-state index in [4.69, 9.17) is 0 Å². The van der Waals surface area contributed by atoms with Crippen LogP contribution in [-0.4, -0.2) is 31.8 Å². The molecule has 0 spiro atoms. The SMILES string of the molecule is CNc1snnc1CSc1n[nH]c(C)n1. The molecule has 2 N–H and O–H groups in total. The molecule has 2 aromatic heterocycles. The average Bonchev–Trinajstić information content (AvgIpc) is 2.83. The summed E-state index contributed by atoms with van der Waals surface area (Å²) in [5.41, 5.74) is 0.940. The molecule has 2 heterocycles. The summed E-state index contributed by atoms with van der Waals surface area (Å²) >= 11 is 2.89. The summed E-state index contributed by atoms with van der Waals surface area (Å²) in [4.78, 5) is 4.20. The molecule has 15 heavy (non-hydrogen) atoms. The number of nitrogens with one attached hydrogen (secondary N) is 2. The van der Waals surface area contributed by atoms with Crippen molar-refractivity contribution in [1.82, 2.24) is 24.8 Å². The Bertz CT molecular complexity index is 436. The van der Waals surface area contributed by atoms with Gasteiger partial charge in [0.15, 0.2) is 0 Å². The smallest absolute Gasteiger partial charge is 0.208 e. The molecule has 0 unspecified atom stereocenters. The lowest BCUT2D eigenvalue weighted by atomic mass is 10.5. The summed E-state index contributed by atoms with van der Waals surface area (Å²) in [6.07, 6.45) is 0. The van der Waals surface area contributed by atoms with Crippen LogP contribution in [0.4, 0.5) is 5.00 Å². The number of anilines is 1. The van der Waals surface area contributed by atoms with Gasteiger partial charge in [-0.3, -0.25) is 5.10 Å². The number of hydrogen-bond donors (Lipinski definition) is 2. The highest BCUT2D eigenvalue weighted by atomic mass is 32.2. The number of aromatic amines is 1. The highest BCUT2D eigenvalue weighted by Crippen LogP contribution is 2.24. The number of H-pyrrole nitrogens is 1. The molecule has 0 atom stereocenters. The van der Waals surface area contributed by atoms with Crippen molar-refractivity contribution < 1.29 is 0 Å². The maximum absolute atomic E-state index is 4.20. The van der Waals surface area contributed by atoms with E-state index in [1.54, 1.807) is 0 Å². The van der Waals surface area contributed by atoms with Crippen LogP contribution in [0.25, 0.3) is 0 Å². The minimum atomic E-state index is 0.726. The Hall–Kier alpha value is -1.15. The van der Waals surface area contributed by atoms with Crippen molar-refractivity contribution in [3.8, 4) is 0 Å². The minimum Gasteiger partial charge on any atom is -0.377 e. The van der Waals surface area contributed by atoms with Gasteiger partial charge in [-0.2, -0.15) is 0 Å². The van der Waals surface area contributed by atoms with Gasteiger partial charge in [-0.05, 0) is 6.92 Å². The van der Waals surface area contributed by atoms with Crippen LogP contribution in [0.5, 0.6) is 0 Å². The third kappa shape index (κ3) is 2.45. The Morgan fingerprint density at radius 1 is 1.53 bits per heavy atom. The fraction of sp³-hybridized carbons (Fsp3) is 0.429. The fourth-order valence-corrected chi connectivity index (χ4v) is 2.41. The lowest BCUT2D eigenvalue weighted by molar-refractivity contribution is 0.966. The predicted molar refractivity (Wildman–Crippen MR) is 60.1 cm³/mol. The van der Waals surface area contributed by atoms with E-state index in [2.05, 4.69) is 30.1 Å². The van der Waals surface area contributed by atoms with Gasteiger partial charge in [0.25, 0.3) is 0 Å². The molecule has 0 aromatic carbocycles. The van der Waals surface area contributed by atoms with E-state index >= 15 is 0 Å². The van der Waals surface area contributed by atoms with Crippen LogP contribution < -0.4 is 5.32 Å². The second-order valence-corrected chi connectivity index (χ2v) is 4.49. The number of thioether (sulfide) groups is 1. The normalized spacial score (nSPS) is 10.5. The lowest BCUT2D eigenvalue weighted by Gasteiger charge is -1.96. The number of aryl methyl sites for hydroxylation is 1. The van der Waals surface area contributed by atoms with Gasteiger partial charge in [-0.1, -0.05) is 16.3 Å². The van der Waals surface area contributed by atoms with Gasteiger partial charge in [0.1, 0.15) is 16.5 Å². The molecule has 6 nitrogen and oxygen atoms in total. The third-order valence-corrected chi connectivity index (χ3v) is 3.34. The average molecular weight is 242 g/mol. The molecule has 0 aliphatic heterocycles. The zero-order valence-electron chi connectivity index (χ0n) is 8.31. The van der Waals surface area contributed by atoms with Crippen LogP contribution in [0.2, 0.25) is 0 Å². The van der Waals surface area contributed by atoms with E-state index in [0.717, 1.165) is 27.4 Å². The summed E-state index contributed by atoms with van der Waals surface area (Å²) in [6, 6.07) is 0. The summed E-state index contributed by atoms with van der Waals surface area (Å²) in [5, 5.41) is 15.6. The Labute approximate surface area is 95.1 Å². The van der Waals surface area contributed by atoms with Gasteiger partial charge in [0, 0.05) is 24.3 Å². The number of rotatable bonds is 4. The van der Waals surface area contributed by atoms with Gasteiger partial charge in [-0.25, -0.2) is 4.98 Å². The molecule has 0 fully saturated rings. The van der Waals surface area contributed by atoms with Gasteiger partial charge in [-0.15, -0.1) is 10.2 Å². The lowest BCUT2D eigenvalue weighted by Crippen LogP contribution is -1.91. The van der Waals surface area contributed by atoms with Gasteiger partial charge < -0.3 is 5.32 Å². The van der Waals surface area contributed by atoms with Crippen molar-refractivity contribution in [1.29, 1.82) is 0 Å². The molecular formula is C7H10N6S2. The molecular weight excluding hydrogens is 232 g/mol. The van der Waals surface area contributed by atoms with E-state index in [9.17, 15) is 0 Å². The molecule has 0 saturated carbocycles. The van der Waals surface area contributed by atoms with Crippen molar-refractivity contribution in [2.45, 2.75) is 17.8 Å². The van der Waals surface area contributed by atoms with Crippen LogP contribution >= 0.6 is 23.3 Å². The Kier molecular flexibility index (Phi) is 3.17. The second-order valence-electron chi connectivity index (χ2n) is 2.79. The number of hydrogen-bond acceptors (Lipinski definition) is 7. The molecule has 8 heteroatoms. The first-order chi connectivity index (χ1) is 7.29. The number of nitrogens with zero attached hydrogens (tertiary/aromatic N) is 4. The molecule has 0 aliphatic rings. The maximum Gasteiger partial charge on any atom is 0.208 e. The molecule has 0 saturated heterocycles. The van der Waals surface area contributed by atoms with Crippen LogP contribution in [0.15, 0.2) is 5.16 Å². The van der Waals surface area contributed by atoms with Crippen LogP contribution in [-0.2, 0) is 5.75 Å². The van der Waals surface area contributed by atoms with Crippen molar-refractivity contribution in [2.24, 2.45) is 0 Å². The Morgan fingerprint density at radius 2 is 2.40 bits per heavy atom. The summed E-state index contributed by atoms with van der Waals surface area (Å²) in [7, 11) is 1.86. The summed E-state index contributed by atoms with van der Waals surface area (Å²) in [6.45, 7) is 1.88. The Morgan fingerprint density at radius 3 is 3.07 bits per heavy atom. The van der Waals surface area contributed by atoms with E-state index in [-0.39, 0.29) is 0 Å². The quantitative estimate of drug-likeness (QED) is 0.787. The summed E-state index contributed by atoms with van der Waals surface area (Å²) in [5.74, 6) is 1.55. The van der Waals surface area contributed by atoms with E-state index in [1.807, 2.05) is 14.0 Å². The maximum atomic E-state index is 4.20. The van der Waals surface area contributed by atoms with Gasteiger partial charge in [0.2, 0.25) is 5.16 Å². The van der Waals surface area contributed by atoms with E-state index in [1.165, 1.54) is 23.3 Å². The topological polar surface area (TPSA) is 79.4 Å². The van der Waals surface area contributed by atoms with Crippen molar-refractivity contribution >= 4 is 28.3 Å². The molecule has 80 valence electrons. The van der Waals surface area contributed by atoms with E-state index < -0.39 is 0 Å². The van der Waals surface area contributed by atoms with Crippen molar-refractivity contribution in [3.05, 3.63) is 11.5 Å². The second kappa shape index (κ2) is 4.58. The molecule has 0 aliphatic carbocycles. The minimum absolute atomic E-state index is 0.726. The highest BCUT2D eigenvalue weighted by Gasteiger charge is 2.08. The molecule has 0 amide bonds. The fourth-order valence-electron chi connectivity index (χ4n) is 1.01. The first kappa shape index (κ1) is 10.4. The van der Waals surface area contributed by atoms with Crippen molar-refractivity contribution in [2.75, 3.05) is 12.4 Å². The first-order valence-electron chi connectivity index (χ1n) is 4.30. The van der Waals surface area contributed by atoms with Crippen LogP contribution in [0, 0.1) is 6.92 Å². The van der Waals surface area contributed by atoms with Crippen LogP contribution in [0.3, 0.4) is 0 Å². The highest BCUT2D eigenvalue weighted by molar-refractivity contribution is 7.98. The Balaban J connectivity index is 1.98. The first-order valence-corrected chi connectivity index (χ1v) is 6.06. The zero-order valence-corrected chi connectivity index (χ0v) is 9.95. The third-order valence-electron chi connectivity index (χ3n) is 1.70. The summed E-state index contributed by atoms with van der Waals surface area (Å²) < 4.78 is 3.88. The predicted octanol–water partition coefficient (Wildman–Crippen LogP) is 1.30. The molecule has 0 radical (unpaired) electrons. The van der Waals surface area contributed by atoms with E-state index in [0.29, 0.717) is 0 Å². The zero-order chi connectivity index (χ0) is 10.7. The molecule has 2 aromatic rings. The van der Waals surface area contributed by atoms with Gasteiger partial charge in [0.05, 0.1) is 0 Å². The molecule has 2 rings (SSSR count). The monoisotopic (exact) mass is 242 g/mol. The number of aromatic nitrogens is 5. The van der Waals surface area contributed by atoms with Crippen LogP contribution in [0.1, 0.15) is 11.5 Å². The van der Waals surface area contributed by atoms with Gasteiger partial charge >= 0.3 is 0 Å². The molecule has 0 bridgehead atoms. The standard InChI is InChI=1S/C7H10N6S2/c1-4-9-7(12-10-4)14-3-5-6(8-2)15-13-11-5/h8H,3H2,1-2H3,(H,9,10,12).